The van der Waals surface area contributed by atoms with E-state index < -0.39 is 11.8 Å². The Bertz CT molecular complexity index is 642. The van der Waals surface area contributed by atoms with E-state index in [1.807, 2.05) is 20.8 Å². The molecule has 0 unspecified atom stereocenters. The van der Waals surface area contributed by atoms with Gasteiger partial charge in [0.2, 0.25) is 0 Å². The van der Waals surface area contributed by atoms with Gasteiger partial charge in [0.1, 0.15) is 0 Å². The number of nitrogens with one attached hydrogen (secondary N) is 2. The highest BCUT2D eigenvalue weighted by Crippen LogP contribution is 2.20. The fourth-order valence-corrected chi connectivity index (χ4v) is 1.64. The minimum atomic E-state index is -0.515. The number of amides is 2. The molecule has 2 amide bonds. The largest absolute Gasteiger partial charge is 0.459 e. The smallest absolute Gasteiger partial charge is 0.305 e. The van der Waals surface area contributed by atoms with Gasteiger partial charge in [-0.25, -0.2) is 0 Å². The Labute approximate surface area is 122 Å². The van der Waals surface area contributed by atoms with Crippen molar-refractivity contribution in [2.75, 3.05) is 0 Å². The minimum absolute atomic E-state index is 0.125. The van der Waals surface area contributed by atoms with Gasteiger partial charge < -0.3 is 4.42 Å². The zero-order chi connectivity index (χ0) is 15.5. The summed E-state index contributed by atoms with van der Waals surface area (Å²) >= 11 is 0. The topological polar surface area (TPSA) is 84.2 Å². The van der Waals surface area contributed by atoms with Crippen molar-refractivity contribution in [3.8, 4) is 0 Å². The van der Waals surface area contributed by atoms with Crippen LogP contribution in [-0.4, -0.2) is 16.8 Å². The van der Waals surface area contributed by atoms with Crippen LogP contribution in [0.4, 0.5) is 0 Å². The molecule has 0 bridgehead atoms. The molecule has 2 rings (SSSR count). The van der Waals surface area contributed by atoms with Crippen LogP contribution in [0.3, 0.4) is 0 Å². The van der Waals surface area contributed by atoms with Gasteiger partial charge in [0.05, 0.1) is 6.26 Å². The quantitative estimate of drug-likeness (QED) is 0.828. The van der Waals surface area contributed by atoms with Gasteiger partial charge in [0, 0.05) is 22.9 Å². The number of furan rings is 1. The SMILES string of the molecule is CC(C)(C)c1cc(C(=O)NNC(=O)c2ccco2)ccn1. The molecule has 0 aromatic carbocycles. The number of nitrogens with zero attached hydrogens (tertiary/aromatic N) is 1. The number of carbonyl (C=O) groups excluding carboxylic acids is 2. The molecule has 2 aromatic rings. The summed E-state index contributed by atoms with van der Waals surface area (Å²) in [5, 5.41) is 0. The summed E-state index contributed by atoms with van der Waals surface area (Å²) in [7, 11) is 0. The van der Waals surface area contributed by atoms with E-state index in [2.05, 4.69) is 15.8 Å². The molecule has 0 aliphatic carbocycles. The first kappa shape index (κ1) is 14.8. The van der Waals surface area contributed by atoms with Crippen molar-refractivity contribution in [1.29, 1.82) is 0 Å². The molecule has 2 heterocycles. The van der Waals surface area contributed by atoms with Crippen molar-refractivity contribution in [3.63, 3.8) is 0 Å². The van der Waals surface area contributed by atoms with Crippen molar-refractivity contribution in [2.24, 2.45) is 0 Å². The van der Waals surface area contributed by atoms with Crippen LogP contribution in [-0.2, 0) is 5.41 Å². The Balaban J connectivity index is 2.02. The molecule has 2 aromatic heterocycles. The third-order valence-electron chi connectivity index (χ3n) is 2.83. The lowest BCUT2D eigenvalue weighted by Crippen LogP contribution is -2.41. The predicted molar refractivity (Wildman–Crippen MR) is 76.6 cm³/mol. The van der Waals surface area contributed by atoms with Crippen molar-refractivity contribution >= 4 is 11.8 Å². The van der Waals surface area contributed by atoms with E-state index in [1.165, 1.54) is 12.3 Å². The Morgan fingerprint density at radius 1 is 1.14 bits per heavy atom. The Morgan fingerprint density at radius 2 is 1.86 bits per heavy atom. The van der Waals surface area contributed by atoms with Crippen molar-refractivity contribution in [1.82, 2.24) is 15.8 Å². The zero-order valence-electron chi connectivity index (χ0n) is 12.1. The molecule has 6 nitrogen and oxygen atoms in total. The van der Waals surface area contributed by atoms with Gasteiger partial charge in [-0.1, -0.05) is 20.8 Å². The summed E-state index contributed by atoms with van der Waals surface area (Å²) in [5.74, 6) is -0.804. The number of hydrazine groups is 1. The highest BCUT2D eigenvalue weighted by molar-refractivity contribution is 5.97. The molecule has 0 saturated carbocycles. The van der Waals surface area contributed by atoms with Crippen LogP contribution in [0.2, 0.25) is 0 Å². The van der Waals surface area contributed by atoms with E-state index in [0.29, 0.717) is 5.56 Å². The van der Waals surface area contributed by atoms with Gasteiger partial charge in [-0.15, -0.1) is 0 Å². The van der Waals surface area contributed by atoms with Crippen LogP contribution < -0.4 is 10.9 Å². The highest BCUT2D eigenvalue weighted by Gasteiger charge is 2.17. The lowest BCUT2D eigenvalue weighted by Gasteiger charge is -2.18. The second-order valence-corrected chi connectivity index (χ2v) is 5.57. The normalized spacial score (nSPS) is 11.0. The molecule has 0 atom stereocenters. The lowest BCUT2D eigenvalue weighted by molar-refractivity contribution is 0.0830. The summed E-state index contributed by atoms with van der Waals surface area (Å²) in [6.07, 6.45) is 2.96. The first-order chi connectivity index (χ1) is 9.88. The van der Waals surface area contributed by atoms with Gasteiger partial charge in [-0.3, -0.25) is 25.4 Å². The Hall–Kier alpha value is -2.63. The Morgan fingerprint density at radius 3 is 2.48 bits per heavy atom. The summed E-state index contributed by atoms with van der Waals surface area (Å²) in [6, 6.07) is 6.39. The first-order valence-electron chi connectivity index (χ1n) is 6.48. The minimum Gasteiger partial charge on any atom is -0.459 e. The number of hydrogen-bond donors (Lipinski definition) is 2. The monoisotopic (exact) mass is 287 g/mol. The zero-order valence-corrected chi connectivity index (χ0v) is 12.1. The lowest BCUT2D eigenvalue weighted by atomic mass is 9.91. The third kappa shape index (κ3) is 3.68. The maximum Gasteiger partial charge on any atom is 0.305 e. The average molecular weight is 287 g/mol. The summed E-state index contributed by atoms with van der Waals surface area (Å²) < 4.78 is 4.92. The number of carbonyl (C=O) groups is 2. The van der Waals surface area contributed by atoms with Crippen molar-refractivity contribution in [2.45, 2.75) is 26.2 Å². The van der Waals surface area contributed by atoms with Gasteiger partial charge in [0.25, 0.3) is 5.91 Å². The molecule has 2 N–H and O–H groups in total. The fourth-order valence-electron chi connectivity index (χ4n) is 1.64. The molecule has 0 radical (unpaired) electrons. The second-order valence-electron chi connectivity index (χ2n) is 5.57. The predicted octanol–water partition coefficient (Wildman–Crippen LogP) is 2.05. The molecule has 0 spiro atoms. The van der Waals surface area contributed by atoms with E-state index in [4.69, 9.17) is 4.42 Å². The summed E-state index contributed by atoms with van der Waals surface area (Å²) in [6.45, 7) is 6.03. The summed E-state index contributed by atoms with van der Waals surface area (Å²) in [4.78, 5) is 27.9. The van der Waals surface area contributed by atoms with Gasteiger partial charge in [0.15, 0.2) is 5.76 Å². The fraction of sp³-hybridized carbons (Fsp3) is 0.267. The number of pyridine rings is 1. The molecular formula is C15H17N3O3. The molecule has 0 saturated heterocycles. The van der Waals surface area contributed by atoms with E-state index >= 15 is 0 Å². The van der Waals surface area contributed by atoms with E-state index in [1.54, 1.807) is 24.4 Å². The van der Waals surface area contributed by atoms with Crippen LogP contribution in [0.25, 0.3) is 0 Å². The number of aromatic nitrogens is 1. The number of hydrogen-bond acceptors (Lipinski definition) is 4. The average Bonchev–Trinajstić information content (AvgIpc) is 2.98. The molecular weight excluding hydrogens is 270 g/mol. The maximum atomic E-state index is 12.0. The van der Waals surface area contributed by atoms with Crippen LogP contribution in [0.15, 0.2) is 41.1 Å². The van der Waals surface area contributed by atoms with Crippen LogP contribution >= 0.6 is 0 Å². The number of rotatable bonds is 2. The molecule has 110 valence electrons. The van der Waals surface area contributed by atoms with Crippen LogP contribution in [0.5, 0.6) is 0 Å². The molecule has 6 heteroatoms. The van der Waals surface area contributed by atoms with E-state index in [-0.39, 0.29) is 11.2 Å². The first-order valence-corrected chi connectivity index (χ1v) is 6.48. The van der Waals surface area contributed by atoms with Crippen molar-refractivity contribution in [3.05, 3.63) is 53.7 Å². The second kappa shape index (κ2) is 5.78. The Kier molecular flexibility index (Phi) is 4.07. The third-order valence-corrected chi connectivity index (χ3v) is 2.83. The van der Waals surface area contributed by atoms with Crippen molar-refractivity contribution < 1.29 is 14.0 Å². The van der Waals surface area contributed by atoms with Gasteiger partial charge in [-0.05, 0) is 24.3 Å². The van der Waals surface area contributed by atoms with Crippen LogP contribution in [0.1, 0.15) is 47.4 Å². The maximum absolute atomic E-state index is 12.0. The van der Waals surface area contributed by atoms with Gasteiger partial charge >= 0.3 is 5.91 Å². The summed E-state index contributed by atoms with van der Waals surface area (Å²) in [5.41, 5.74) is 5.69. The van der Waals surface area contributed by atoms with E-state index in [9.17, 15) is 9.59 Å². The van der Waals surface area contributed by atoms with Gasteiger partial charge in [-0.2, -0.15) is 0 Å². The molecule has 0 aliphatic heterocycles. The molecule has 0 aliphatic rings. The highest BCUT2D eigenvalue weighted by atomic mass is 16.3. The van der Waals surface area contributed by atoms with E-state index in [0.717, 1.165) is 5.69 Å². The molecule has 0 fully saturated rings. The standard InChI is InChI=1S/C15H17N3O3/c1-15(2,3)12-9-10(6-7-16-12)13(19)17-18-14(20)11-5-4-8-21-11/h4-9H,1-3H3,(H,17,19)(H,18,20). The molecule has 21 heavy (non-hydrogen) atoms. The van der Waals surface area contributed by atoms with Crippen LogP contribution in [0, 0.1) is 0 Å².